The minimum absolute atomic E-state index is 0.0511. The van der Waals surface area contributed by atoms with Gasteiger partial charge in [-0.05, 0) is 50.7 Å². The first-order valence-corrected chi connectivity index (χ1v) is 16.9. The summed E-state index contributed by atoms with van der Waals surface area (Å²) < 4.78 is 12.8. The quantitative estimate of drug-likeness (QED) is 0.208. The molecule has 3 heterocycles. The maximum absolute atomic E-state index is 14.7. The molecule has 2 N–H and O–H groups in total. The molecule has 2 aromatic carbocycles. The van der Waals surface area contributed by atoms with Gasteiger partial charge in [0.2, 0.25) is 17.7 Å². The van der Waals surface area contributed by atoms with Crippen LogP contribution in [0.25, 0.3) is 0 Å². The minimum Gasteiger partial charge on any atom is -0.455 e. The van der Waals surface area contributed by atoms with E-state index >= 15 is 0 Å². The summed E-state index contributed by atoms with van der Waals surface area (Å²) in [6.45, 7) is 11.2. The van der Waals surface area contributed by atoms with E-state index in [1.807, 2.05) is 74.5 Å². The fourth-order valence-electron chi connectivity index (χ4n) is 7.66. The molecule has 1 spiro atoms. The van der Waals surface area contributed by atoms with Crippen molar-refractivity contribution in [1.82, 2.24) is 15.1 Å². The lowest BCUT2D eigenvalue weighted by atomic mass is 9.70. The Balaban J connectivity index is 1.48. The number of aliphatic hydroxyl groups is 1. The van der Waals surface area contributed by atoms with Crippen LogP contribution in [-0.2, 0) is 35.1 Å². The number of hydrogen-bond donors (Lipinski definition) is 2. The Morgan fingerprint density at radius 2 is 1.79 bits per heavy atom. The Kier molecular flexibility index (Phi) is 11.2. The number of fused-ring (bicyclic) bond motifs is 1. The molecule has 0 aromatic heterocycles. The predicted molar refractivity (Wildman–Crippen MR) is 180 cm³/mol. The Morgan fingerprint density at radius 3 is 2.42 bits per heavy atom. The van der Waals surface area contributed by atoms with Gasteiger partial charge in [-0.1, -0.05) is 72.8 Å². The van der Waals surface area contributed by atoms with Gasteiger partial charge in [0.1, 0.15) is 17.7 Å². The zero-order valence-corrected chi connectivity index (χ0v) is 27.8. The Bertz CT molecular complexity index is 1480. The van der Waals surface area contributed by atoms with Crippen molar-refractivity contribution < 1.29 is 33.8 Å². The molecule has 7 atom stereocenters. The van der Waals surface area contributed by atoms with Crippen LogP contribution in [0.3, 0.4) is 0 Å². The van der Waals surface area contributed by atoms with Gasteiger partial charge in [0.25, 0.3) is 0 Å². The van der Waals surface area contributed by atoms with E-state index in [0.717, 1.165) is 5.56 Å². The average Bonchev–Trinajstić information content (AvgIpc) is 3.74. The molecule has 3 aliphatic rings. The van der Waals surface area contributed by atoms with Crippen LogP contribution >= 0.6 is 0 Å². The molecule has 10 nitrogen and oxygen atoms in total. The largest absolute Gasteiger partial charge is 0.455 e. The summed E-state index contributed by atoms with van der Waals surface area (Å²) in [6.07, 6.45) is 3.87. The highest BCUT2D eigenvalue weighted by Gasteiger charge is 2.75. The SMILES string of the molecule is C=CCCC(=O)NC[C@H](OC(=O)[C@@H]1[C@H]2C(=O)N([C@@H](CO)Cc3ccccc3)[C@H](C(=O)N(CC=C)C(C)C)[C@]23CC[C@H]1O3)c1ccccc1. The lowest BCUT2D eigenvalue weighted by Crippen LogP contribution is -2.60. The summed E-state index contributed by atoms with van der Waals surface area (Å²) in [5.74, 6) is -3.44. The third kappa shape index (κ3) is 6.82. The van der Waals surface area contributed by atoms with E-state index in [1.165, 1.54) is 4.90 Å². The number of aliphatic hydroxyl groups excluding tert-OH is 1. The van der Waals surface area contributed by atoms with E-state index < -0.39 is 53.6 Å². The molecule has 0 saturated carbocycles. The molecule has 3 aliphatic heterocycles. The lowest BCUT2D eigenvalue weighted by molar-refractivity contribution is -0.161. The second-order valence-electron chi connectivity index (χ2n) is 13.2. The second kappa shape index (κ2) is 15.3. The van der Waals surface area contributed by atoms with Crippen molar-refractivity contribution in [3.05, 3.63) is 97.1 Å². The van der Waals surface area contributed by atoms with Gasteiger partial charge in [-0.25, -0.2) is 0 Å². The van der Waals surface area contributed by atoms with Crippen LogP contribution in [0.15, 0.2) is 86.0 Å². The van der Waals surface area contributed by atoms with Gasteiger partial charge in [0.15, 0.2) is 0 Å². The molecule has 3 saturated heterocycles. The van der Waals surface area contributed by atoms with Gasteiger partial charge < -0.3 is 29.7 Å². The van der Waals surface area contributed by atoms with Crippen molar-refractivity contribution in [2.75, 3.05) is 19.7 Å². The molecule has 48 heavy (non-hydrogen) atoms. The van der Waals surface area contributed by atoms with Crippen LogP contribution in [0.5, 0.6) is 0 Å². The highest BCUT2D eigenvalue weighted by atomic mass is 16.6. The molecule has 0 aliphatic carbocycles. The maximum Gasteiger partial charge on any atom is 0.313 e. The number of ether oxygens (including phenoxy) is 2. The Labute approximate surface area is 282 Å². The molecular formula is C38H47N3O7. The second-order valence-corrected chi connectivity index (χ2v) is 13.2. The van der Waals surface area contributed by atoms with Gasteiger partial charge in [0, 0.05) is 19.0 Å². The maximum atomic E-state index is 14.7. The molecule has 3 amide bonds. The smallest absolute Gasteiger partial charge is 0.313 e. The van der Waals surface area contributed by atoms with Crippen molar-refractivity contribution in [2.24, 2.45) is 11.8 Å². The number of benzene rings is 2. The van der Waals surface area contributed by atoms with Crippen molar-refractivity contribution in [2.45, 2.75) is 81.9 Å². The van der Waals surface area contributed by atoms with E-state index in [2.05, 4.69) is 18.5 Å². The molecular weight excluding hydrogens is 610 g/mol. The molecule has 2 aromatic rings. The number of rotatable bonds is 16. The van der Waals surface area contributed by atoms with E-state index in [0.29, 0.717) is 31.2 Å². The first-order valence-electron chi connectivity index (χ1n) is 16.9. The average molecular weight is 658 g/mol. The first-order chi connectivity index (χ1) is 23.2. The molecule has 256 valence electrons. The van der Waals surface area contributed by atoms with Gasteiger partial charge in [-0.2, -0.15) is 0 Å². The number of hydrogen-bond acceptors (Lipinski definition) is 7. The van der Waals surface area contributed by atoms with Crippen molar-refractivity contribution in [3.63, 3.8) is 0 Å². The summed E-state index contributed by atoms with van der Waals surface area (Å²) in [5.41, 5.74) is 0.336. The number of carbonyl (C=O) groups is 4. The Morgan fingerprint density at radius 1 is 1.10 bits per heavy atom. The number of esters is 1. The third-order valence-corrected chi connectivity index (χ3v) is 9.88. The monoisotopic (exact) mass is 657 g/mol. The van der Waals surface area contributed by atoms with Gasteiger partial charge in [-0.3, -0.25) is 19.2 Å². The van der Waals surface area contributed by atoms with Crippen molar-refractivity contribution >= 4 is 23.7 Å². The molecule has 5 rings (SSSR count). The van der Waals surface area contributed by atoms with E-state index in [4.69, 9.17) is 9.47 Å². The van der Waals surface area contributed by atoms with E-state index in [9.17, 15) is 24.3 Å². The number of carbonyl (C=O) groups excluding carboxylic acids is 4. The number of likely N-dealkylation sites (tertiary alicyclic amines) is 1. The van der Waals surface area contributed by atoms with Gasteiger partial charge in [0.05, 0.1) is 37.1 Å². The fraction of sp³-hybridized carbons (Fsp3) is 0.474. The van der Waals surface area contributed by atoms with Crippen LogP contribution in [0.2, 0.25) is 0 Å². The molecule has 10 heteroatoms. The summed E-state index contributed by atoms with van der Waals surface area (Å²) in [7, 11) is 0. The summed E-state index contributed by atoms with van der Waals surface area (Å²) >= 11 is 0. The van der Waals surface area contributed by atoms with Crippen LogP contribution in [0, 0.1) is 11.8 Å². The highest BCUT2D eigenvalue weighted by Crippen LogP contribution is 2.59. The number of allylic oxidation sites excluding steroid dienone is 1. The Hall–Kier alpha value is -4.28. The highest BCUT2D eigenvalue weighted by molar-refractivity contribution is 5.98. The molecule has 2 bridgehead atoms. The number of nitrogens with one attached hydrogen (secondary N) is 1. The molecule has 3 fully saturated rings. The van der Waals surface area contributed by atoms with Gasteiger partial charge in [-0.15, -0.1) is 13.2 Å². The van der Waals surface area contributed by atoms with Crippen LogP contribution in [0.4, 0.5) is 0 Å². The minimum atomic E-state index is -1.26. The summed E-state index contributed by atoms with van der Waals surface area (Å²) in [6, 6.07) is 16.7. The zero-order chi connectivity index (χ0) is 34.4. The number of amides is 3. The van der Waals surface area contributed by atoms with Crippen LogP contribution in [-0.4, -0.2) is 88.1 Å². The predicted octanol–water partition coefficient (Wildman–Crippen LogP) is 3.75. The van der Waals surface area contributed by atoms with Crippen LogP contribution < -0.4 is 5.32 Å². The van der Waals surface area contributed by atoms with Gasteiger partial charge >= 0.3 is 5.97 Å². The van der Waals surface area contributed by atoms with Crippen molar-refractivity contribution in [3.8, 4) is 0 Å². The van der Waals surface area contributed by atoms with Crippen molar-refractivity contribution in [1.29, 1.82) is 0 Å². The standard InChI is InChI=1S/C38H47N3O7/c1-5-7-18-31(43)39-23-30(27-16-12-9-13-17-27)47-37(46)32-29-19-20-38(48-29)33(32)35(44)41(28(24-42)22-26-14-10-8-11-15-26)34(38)36(45)40(21-6-2)25(3)4/h5-6,8-17,25,28-30,32-34,42H,1-2,7,18-24H2,3-4H3,(H,39,43)/t28-,29-,30+,32+,33+,34-,38+/m1/s1. The fourth-order valence-corrected chi connectivity index (χ4v) is 7.66. The normalized spacial score (nSPS) is 25.3. The summed E-state index contributed by atoms with van der Waals surface area (Å²) in [4.78, 5) is 59.1. The topological polar surface area (TPSA) is 125 Å². The van der Waals surface area contributed by atoms with E-state index in [-0.39, 0.29) is 44.0 Å². The summed E-state index contributed by atoms with van der Waals surface area (Å²) in [5, 5.41) is 13.6. The van der Waals surface area contributed by atoms with E-state index in [1.54, 1.807) is 17.1 Å². The zero-order valence-electron chi connectivity index (χ0n) is 27.8. The molecule has 0 unspecified atom stereocenters. The lowest BCUT2D eigenvalue weighted by Gasteiger charge is -2.40. The molecule has 0 radical (unpaired) electrons. The third-order valence-electron chi connectivity index (χ3n) is 9.88. The first kappa shape index (κ1) is 35.0. The van der Waals surface area contributed by atoms with Crippen LogP contribution in [0.1, 0.15) is 56.8 Å². The number of nitrogens with zero attached hydrogens (tertiary/aromatic N) is 2.